The first-order chi connectivity index (χ1) is 7.97. The van der Waals surface area contributed by atoms with Crippen molar-refractivity contribution in [2.75, 3.05) is 11.9 Å². The fourth-order valence-corrected chi connectivity index (χ4v) is 2.09. The summed E-state index contributed by atoms with van der Waals surface area (Å²) in [5.74, 6) is -0.252. The minimum Gasteiger partial charge on any atom is -0.459 e. The van der Waals surface area contributed by atoms with Gasteiger partial charge in [0.15, 0.2) is 0 Å². The second-order valence-electron chi connectivity index (χ2n) is 5.39. The van der Waals surface area contributed by atoms with E-state index in [2.05, 4.69) is 5.32 Å². The van der Waals surface area contributed by atoms with Gasteiger partial charge < -0.3 is 10.1 Å². The van der Waals surface area contributed by atoms with E-state index in [1.54, 1.807) is 0 Å². The molecule has 1 aromatic carbocycles. The molecular weight excluding hydrogens is 214 g/mol. The zero-order valence-corrected chi connectivity index (χ0v) is 10.6. The first-order valence-corrected chi connectivity index (χ1v) is 6.03. The number of ether oxygens (including phenoxy) is 1. The Hall–Kier alpha value is -1.51. The van der Waals surface area contributed by atoms with Crippen LogP contribution in [0.5, 0.6) is 0 Å². The zero-order chi connectivity index (χ0) is 12.5. The predicted molar refractivity (Wildman–Crippen MR) is 68.1 cm³/mol. The molecule has 0 bridgehead atoms. The molecule has 0 aliphatic carbocycles. The highest BCUT2D eigenvalue weighted by Crippen LogP contribution is 2.33. The van der Waals surface area contributed by atoms with Crippen LogP contribution in [0.2, 0.25) is 0 Å². The summed E-state index contributed by atoms with van der Waals surface area (Å²) >= 11 is 0. The molecule has 0 radical (unpaired) electrons. The zero-order valence-electron chi connectivity index (χ0n) is 10.6. The summed E-state index contributed by atoms with van der Waals surface area (Å²) in [6.45, 7) is 6.52. The van der Waals surface area contributed by atoms with Crippen molar-refractivity contribution < 1.29 is 9.53 Å². The average Bonchev–Trinajstić information content (AvgIpc) is 2.26. The molecule has 1 atom stereocenters. The van der Waals surface area contributed by atoms with Crippen LogP contribution in [0.15, 0.2) is 24.3 Å². The third-order valence-electron chi connectivity index (χ3n) is 2.78. The summed E-state index contributed by atoms with van der Waals surface area (Å²) in [4.78, 5) is 12.1. The molecule has 0 aromatic heterocycles. The molecule has 1 aliphatic heterocycles. The lowest BCUT2D eigenvalue weighted by Gasteiger charge is -2.28. The van der Waals surface area contributed by atoms with Gasteiger partial charge in [0.25, 0.3) is 0 Å². The number of benzene rings is 1. The number of carbonyl (C=O) groups is 1. The maximum absolute atomic E-state index is 12.1. The summed E-state index contributed by atoms with van der Waals surface area (Å²) in [5.41, 5.74) is 1.68. The molecule has 0 amide bonds. The summed E-state index contributed by atoms with van der Waals surface area (Å²) in [6, 6.07) is 7.94. The molecule has 0 saturated carbocycles. The van der Waals surface area contributed by atoms with E-state index in [1.807, 2.05) is 45.0 Å². The quantitative estimate of drug-likeness (QED) is 0.758. The molecule has 0 unspecified atom stereocenters. The molecule has 0 saturated heterocycles. The van der Waals surface area contributed by atoms with Crippen molar-refractivity contribution in [3.63, 3.8) is 0 Å². The molecule has 1 N–H and O–H groups in total. The number of hydrogen-bond acceptors (Lipinski definition) is 3. The second kappa shape index (κ2) is 4.40. The third kappa shape index (κ3) is 2.78. The lowest BCUT2D eigenvalue weighted by atomic mass is 9.91. The van der Waals surface area contributed by atoms with E-state index in [0.717, 1.165) is 24.2 Å². The molecule has 1 heterocycles. The summed E-state index contributed by atoms with van der Waals surface area (Å²) in [7, 11) is 0. The largest absolute Gasteiger partial charge is 0.459 e. The van der Waals surface area contributed by atoms with Gasteiger partial charge in [0.1, 0.15) is 5.60 Å². The van der Waals surface area contributed by atoms with Crippen LogP contribution in [0.3, 0.4) is 0 Å². The Morgan fingerprint density at radius 1 is 1.35 bits per heavy atom. The molecule has 3 nitrogen and oxygen atoms in total. The maximum atomic E-state index is 12.1. The van der Waals surface area contributed by atoms with Gasteiger partial charge in [0, 0.05) is 12.2 Å². The highest BCUT2D eigenvalue weighted by molar-refractivity contribution is 5.82. The highest BCUT2D eigenvalue weighted by Gasteiger charge is 2.30. The second-order valence-corrected chi connectivity index (χ2v) is 5.39. The van der Waals surface area contributed by atoms with Crippen molar-refractivity contribution in [2.24, 2.45) is 0 Å². The first-order valence-electron chi connectivity index (χ1n) is 6.03. The smallest absolute Gasteiger partial charge is 0.314 e. The van der Waals surface area contributed by atoms with Gasteiger partial charge in [-0.3, -0.25) is 4.79 Å². The normalized spacial score (nSPS) is 19.1. The molecule has 1 aliphatic rings. The van der Waals surface area contributed by atoms with Crippen LogP contribution in [0.4, 0.5) is 5.69 Å². The molecule has 17 heavy (non-hydrogen) atoms. The molecule has 0 spiro atoms. The summed E-state index contributed by atoms with van der Waals surface area (Å²) in [6.07, 6.45) is 0.798. The number of rotatable bonds is 1. The van der Waals surface area contributed by atoms with Crippen LogP contribution < -0.4 is 5.32 Å². The SMILES string of the molecule is CC(C)(C)OC(=O)[C@H]1CCNc2ccccc21. The van der Waals surface area contributed by atoms with Crippen LogP contribution in [0.25, 0.3) is 0 Å². The number of esters is 1. The number of hydrogen-bond donors (Lipinski definition) is 1. The van der Waals surface area contributed by atoms with Crippen molar-refractivity contribution in [2.45, 2.75) is 38.7 Å². The Kier molecular flexibility index (Phi) is 3.09. The van der Waals surface area contributed by atoms with Gasteiger partial charge in [0.2, 0.25) is 0 Å². The summed E-state index contributed by atoms with van der Waals surface area (Å²) < 4.78 is 5.47. The fourth-order valence-electron chi connectivity index (χ4n) is 2.09. The maximum Gasteiger partial charge on any atom is 0.314 e. The number of fused-ring (bicyclic) bond motifs is 1. The van der Waals surface area contributed by atoms with Crippen LogP contribution >= 0.6 is 0 Å². The van der Waals surface area contributed by atoms with Crippen LogP contribution in [0.1, 0.15) is 38.7 Å². The van der Waals surface area contributed by atoms with E-state index in [1.165, 1.54) is 0 Å². The monoisotopic (exact) mass is 233 g/mol. The summed E-state index contributed by atoms with van der Waals surface area (Å²) in [5, 5.41) is 3.30. The van der Waals surface area contributed by atoms with Gasteiger partial charge in [-0.2, -0.15) is 0 Å². The fraction of sp³-hybridized carbons (Fsp3) is 0.500. The minimum atomic E-state index is -0.420. The number of anilines is 1. The van der Waals surface area contributed by atoms with Crippen molar-refractivity contribution >= 4 is 11.7 Å². The van der Waals surface area contributed by atoms with Gasteiger partial charge in [0.05, 0.1) is 5.92 Å². The van der Waals surface area contributed by atoms with Gasteiger partial charge in [-0.1, -0.05) is 18.2 Å². The van der Waals surface area contributed by atoms with Gasteiger partial charge in [-0.05, 0) is 38.8 Å². The van der Waals surface area contributed by atoms with Crippen molar-refractivity contribution in [3.05, 3.63) is 29.8 Å². The van der Waals surface area contributed by atoms with Gasteiger partial charge >= 0.3 is 5.97 Å². The number of nitrogens with one attached hydrogen (secondary N) is 1. The molecule has 0 fully saturated rings. The molecular formula is C14H19NO2. The minimum absolute atomic E-state index is 0.119. The van der Waals surface area contributed by atoms with Crippen molar-refractivity contribution in [1.29, 1.82) is 0 Å². The van der Waals surface area contributed by atoms with E-state index in [9.17, 15) is 4.79 Å². The Morgan fingerprint density at radius 2 is 2.06 bits per heavy atom. The topological polar surface area (TPSA) is 38.3 Å². The third-order valence-corrected chi connectivity index (χ3v) is 2.78. The highest BCUT2D eigenvalue weighted by atomic mass is 16.6. The first kappa shape index (κ1) is 12.0. The molecule has 3 heteroatoms. The van der Waals surface area contributed by atoms with Gasteiger partial charge in [-0.15, -0.1) is 0 Å². The Morgan fingerprint density at radius 3 is 2.76 bits per heavy atom. The van der Waals surface area contributed by atoms with E-state index in [4.69, 9.17) is 4.74 Å². The predicted octanol–water partition coefficient (Wildman–Crippen LogP) is 2.93. The molecule has 92 valence electrons. The van der Waals surface area contributed by atoms with Crippen LogP contribution in [0, 0.1) is 0 Å². The Bertz CT molecular complexity index is 420. The van der Waals surface area contributed by atoms with Crippen LogP contribution in [-0.2, 0) is 9.53 Å². The van der Waals surface area contributed by atoms with E-state index in [0.29, 0.717) is 0 Å². The van der Waals surface area contributed by atoms with E-state index < -0.39 is 5.60 Å². The van der Waals surface area contributed by atoms with E-state index >= 15 is 0 Å². The molecule has 1 aromatic rings. The standard InChI is InChI=1S/C14H19NO2/c1-14(2,3)17-13(16)11-8-9-15-12-7-5-4-6-10(11)12/h4-7,11,15H,8-9H2,1-3H3/t11-/m0/s1. The Balaban J connectivity index is 2.21. The van der Waals surface area contributed by atoms with Crippen LogP contribution in [-0.4, -0.2) is 18.1 Å². The van der Waals surface area contributed by atoms with E-state index in [-0.39, 0.29) is 11.9 Å². The average molecular weight is 233 g/mol. The number of carbonyl (C=O) groups excluding carboxylic acids is 1. The van der Waals surface area contributed by atoms with Gasteiger partial charge in [-0.25, -0.2) is 0 Å². The van der Waals surface area contributed by atoms with Crippen molar-refractivity contribution in [3.8, 4) is 0 Å². The molecule has 2 rings (SSSR count). The Labute approximate surface area is 102 Å². The lowest BCUT2D eigenvalue weighted by Crippen LogP contribution is -2.30. The number of para-hydroxylation sites is 1. The van der Waals surface area contributed by atoms with Crippen molar-refractivity contribution in [1.82, 2.24) is 0 Å². The lowest BCUT2D eigenvalue weighted by molar-refractivity contribution is -0.156.